The van der Waals surface area contributed by atoms with E-state index in [2.05, 4.69) is 5.32 Å². The minimum absolute atomic E-state index is 0.0369. The van der Waals surface area contributed by atoms with E-state index in [1.54, 1.807) is 21.9 Å². The van der Waals surface area contributed by atoms with Gasteiger partial charge in [0.1, 0.15) is 6.10 Å². The molecule has 1 aromatic heterocycles. The lowest BCUT2D eigenvalue weighted by molar-refractivity contribution is -0.136. The van der Waals surface area contributed by atoms with E-state index in [1.165, 1.54) is 6.26 Å². The molecule has 3 heterocycles. The molecule has 3 rings (SSSR count). The molecule has 0 radical (unpaired) electrons. The first-order valence-electron chi connectivity index (χ1n) is 8.15. The largest absolute Gasteiger partial charge is 0.459 e. The molecule has 8 heteroatoms. The summed E-state index contributed by atoms with van der Waals surface area (Å²) in [5, 5.41) is 2.63. The standard InChI is InChI=1S/C16H21N3O5/c20-14(11-17-15(21)12-3-1-9-23-12)18-5-7-19(8-6-18)16(22)13-4-2-10-24-13/h2,4,10,12H,1,3,5-9,11H2,(H,17,21). The summed E-state index contributed by atoms with van der Waals surface area (Å²) >= 11 is 0. The highest BCUT2D eigenvalue weighted by Gasteiger charge is 2.27. The van der Waals surface area contributed by atoms with Gasteiger partial charge >= 0.3 is 0 Å². The molecule has 0 bridgehead atoms. The summed E-state index contributed by atoms with van der Waals surface area (Å²) in [5.74, 6) is -0.240. The number of rotatable bonds is 4. The second-order valence-electron chi connectivity index (χ2n) is 5.87. The third-order valence-corrected chi connectivity index (χ3v) is 4.29. The molecule has 0 aliphatic carbocycles. The maximum Gasteiger partial charge on any atom is 0.289 e. The third kappa shape index (κ3) is 3.76. The van der Waals surface area contributed by atoms with Crippen LogP contribution >= 0.6 is 0 Å². The number of amides is 3. The molecule has 1 atom stereocenters. The van der Waals surface area contributed by atoms with Crippen LogP contribution in [-0.2, 0) is 14.3 Å². The molecule has 1 N–H and O–H groups in total. The highest BCUT2D eigenvalue weighted by atomic mass is 16.5. The van der Waals surface area contributed by atoms with Gasteiger partial charge in [0.15, 0.2) is 5.76 Å². The predicted molar refractivity (Wildman–Crippen MR) is 83.2 cm³/mol. The van der Waals surface area contributed by atoms with Gasteiger partial charge in [-0.3, -0.25) is 14.4 Å². The molecule has 0 saturated carbocycles. The summed E-state index contributed by atoms with van der Waals surface area (Å²) in [6, 6.07) is 3.30. The Kier molecular flexibility index (Phi) is 5.14. The molecule has 0 aromatic carbocycles. The second kappa shape index (κ2) is 7.48. The monoisotopic (exact) mass is 335 g/mol. The molecule has 1 aromatic rings. The van der Waals surface area contributed by atoms with E-state index in [0.717, 1.165) is 6.42 Å². The molecule has 2 saturated heterocycles. The molecular weight excluding hydrogens is 314 g/mol. The lowest BCUT2D eigenvalue weighted by atomic mass is 10.2. The fourth-order valence-electron chi connectivity index (χ4n) is 2.89. The number of hydrogen-bond acceptors (Lipinski definition) is 5. The molecule has 0 spiro atoms. The highest BCUT2D eigenvalue weighted by Crippen LogP contribution is 2.12. The van der Waals surface area contributed by atoms with Crippen LogP contribution in [0.2, 0.25) is 0 Å². The number of furan rings is 1. The molecule has 3 amide bonds. The minimum Gasteiger partial charge on any atom is -0.459 e. The molecule has 130 valence electrons. The van der Waals surface area contributed by atoms with Gasteiger partial charge in [0, 0.05) is 32.8 Å². The Labute approximate surface area is 139 Å². The van der Waals surface area contributed by atoms with Crippen molar-refractivity contribution in [2.45, 2.75) is 18.9 Å². The average Bonchev–Trinajstić information content (AvgIpc) is 3.32. The van der Waals surface area contributed by atoms with Crippen LogP contribution in [0.1, 0.15) is 23.4 Å². The topological polar surface area (TPSA) is 92.1 Å². The Morgan fingerprint density at radius 1 is 1.17 bits per heavy atom. The van der Waals surface area contributed by atoms with E-state index in [9.17, 15) is 14.4 Å². The molecule has 24 heavy (non-hydrogen) atoms. The van der Waals surface area contributed by atoms with E-state index < -0.39 is 6.10 Å². The predicted octanol–water partition coefficient (Wildman–Crippen LogP) is -0.141. The number of nitrogens with one attached hydrogen (secondary N) is 1. The van der Waals surface area contributed by atoms with Gasteiger partial charge in [-0.1, -0.05) is 0 Å². The summed E-state index contributed by atoms with van der Waals surface area (Å²) < 4.78 is 10.4. The zero-order valence-electron chi connectivity index (χ0n) is 13.4. The first-order valence-corrected chi connectivity index (χ1v) is 8.15. The van der Waals surface area contributed by atoms with Crippen molar-refractivity contribution < 1.29 is 23.5 Å². The van der Waals surface area contributed by atoms with Crippen molar-refractivity contribution in [2.75, 3.05) is 39.3 Å². The molecule has 8 nitrogen and oxygen atoms in total. The van der Waals surface area contributed by atoms with Gasteiger partial charge in [-0.15, -0.1) is 0 Å². The van der Waals surface area contributed by atoms with E-state index in [0.29, 0.717) is 45.0 Å². The average molecular weight is 335 g/mol. The van der Waals surface area contributed by atoms with Crippen molar-refractivity contribution in [3.05, 3.63) is 24.2 Å². The lowest BCUT2D eigenvalue weighted by Crippen LogP contribution is -2.53. The fourth-order valence-corrected chi connectivity index (χ4v) is 2.89. The van der Waals surface area contributed by atoms with Gasteiger partial charge in [0.05, 0.1) is 12.8 Å². The van der Waals surface area contributed by atoms with Gasteiger partial charge in [0.25, 0.3) is 5.91 Å². The summed E-state index contributed by atoms with van der Waals surface area (Å²) in [7, 11) is 0. The number of carbonyl (C=O) groups is 3. The van der Waals surface area contributed by atoms with Crippen LogP contribution in [0.15, 0.2) is 22.8 Å². The summed E-state index contributed by atoms with van der Waals surface area (Å²) in [5.41, 5.74) is 0. The van der Waals surface area contributed by atoms with Crippen LogP contribution in [0, 0.1) is 0 Å². The smallest absolute Gasteiger partial charge is 0.289 e. The number of nitrogens with zero attached hydrogens (tertiary/aromatic N) is 2. The maximum absolute atomic E-state index is 12.2. The Balaban J connectivity index is 1.41. The van der Waals surface area contributed by atoms with Crippen molar-refractivity contribution in [2.24, 2.45) is 0 Å². The number of carbonyl (C=O) groups excluding carboxylic acids is 3. The van der Waals surface area contributed by atoms with Crippen molar-refractivity contribution in [3.8, 4) is 0 Å². The van der Waals surface area contributed by atoms with Crippen LogP contribution in [0.25, 0.3) is 0 Å². The number of hydrogen-bond donors (Lipinski definition) is 1. The lowest BCUT2D eigenvalue weighted by Gasteiger charge is -2.34. The second-order valence-corrected chi connectivity index (χ2v) is 5.87. The van der Waals surface area contributed by atoms with Gasteiger partial charge < -0.3 is 24.3 Å². The van der Waals surface area contributed by atoms with Crippen LogP contribution in [-0.4, -0.2) is 73.0 Å². The quantitative estimate of drug-likeness (QED) is 0.827. The van der Waals surface area contributed by atoms with E-state index >= 15 is 0 Å². The van der Waals surface area contributed by atoms with E-state index in [4.69, 9.17) is 9.15 Å². The minimum atomic E-state index is -0.430. The van der Waals surface area contributed by atoms with Crippen LogP contribution in [0.5, 0.6) is 0 Å². The Morgan fingerprint density at radius 2 is 1.92 bits per heavy atom. The van der Waals surface area contributed by atoms with Crippen LogP contribution in [0.3, 0.4) is 0 Å². The Hall–Kier alpha value is -2.35. The zero-order chi connectivity index (χ0) is 16.9. The van der Waals surface area contributed by atoms with E-state index in [-0.39, 0.29) is 24.3 Å². The summed E-state index contributed by atoms with van der Waals surface area (Å²) in [4.78, 5) is 39.5. The molecule has 2 aliphatic rings. The van der Waals surface area contributed by atoms with Crippen LogP contribution < -0.4 is 5.32 Å². The highest BCUT2D eigenvalue weighted by molar-refractivity contribution is 5.92. The van der Waals surface area contributed by atoms with Gasteiger partial charge in [-0.05, 0) is 25.0 Å². The zero-order valence-corrected chi connectivity index (χ0v) is 13.4. The van der Waals surface area contributed by atoms with Crippen molar-refractivity contribution in [1.82, 2.24) is 15.1 Å². The van der Waals surface area contributed by atoms with Gasteiger partial charge in [-0.2, -0.15) is 0 Å². The summed E-state index contributed by atoms with van der Waals surface area (Å²) in [6.45, 7) is 2.35. The SMILES string of the molecule is O=C(NCC(=O)N1CCN(C(=O)c2ccco2)CC1)C1CCCO1. The molecule has 1 unspecified atom stereocenters. The van der Waals surface area contributed by atoms with E-state index in [1.807, 2.05) is 0 Å². The number of piperazine rings is 1. The van der Waals surface area contributed by atoms with Gasteiger partial charge in [0.2, 0.25) is 11.8 Å². The Bertz CT molecular complexity index is 587. The molecule has 2 fully saturated rings. The Morgan fingerprint density at radius 3 is 2.54 bits per heavy atom. The van der Waals surface area contributed by atoms with Crippen molar-refractivity contribution >= 4 is 17.7 Å². The number of ether oxygens (including phenoxy) is 1. The van der Waals surface area contributed by atoms with Crippen molar-refractivity contribution in [1.29, 1.82) is 0 Å². The van der Waals surface area contributed by atoms with Gasteiger partial charge in [-0.25, -0.2) is 0 Å². The first kappa shape index (κ1) is 16.5. The molecular formula is C16H21N3O5. The fraction of sp³-hybridized carbons (Fsp3) is 0.562. The first-order chi connectivity index (χ1) is 11.6. The van der Waals surface area contributed by atoms with Crippen LogP contribution in [0.4, 0.5) is 0 Å². The normalized spacial score (nSPS) is 20.9. The molecule has 2 aliphatic heterocycles. The third-order valence-electron chi connectivity index (χ3n) is 4.29. The summed E-state index contributed by atoms with van der Waals surface area (Å²) in [6.07, 6.45) is 2.61. The van der Waals surface area contributed by atoms with Crippen molar-refractivity contribution in [3.63, 3.8) is 0 Å². The maximum atomic E-state index is 12.2.